The molecule has 19 heavy (non-hydrogen) atoms. The van der Waals surface area contributed by atoms with E-state index in [9.17, 15) is 4.79 Å². The first-order chi connectivity index (χ1) is 9.15. The Hall–Kier alpha value is -1.39. The lowest BCUT2D eigenvalue weighted by molar-refractivity contribution is -0.136. The molecule has 1 aliphatic heterocycles. The fourth-order valence-electron chi connectivity index (χ4n) is 2.54. The van der Waals surface area contributed by atoms with Gasteiger partial charge in [0, 0.05) is 19.7 Å². The van der Waals surface area contributed by atoms with Crippen molar-refractivity contribution in [1.29, 1.82) is 0 Å². The summed E-state index contributed by atoms with van der Waals surface area (Å²) in [4.78, 5) is 13.1. The summed E-state index contributed by atoms with van der Waals surface area (Å²) in [6, 6.07) is 7.75. The second-order valence-electron chi connectivity index (χ2n) is 5.17. The van der Waals surface area contributed by atoms with Crippen LogP contribution < -0.4 is 0 Å². The molecular formula is C15H21NO3. The van der Waals surface area contributed by atoms with E-state index in [0.717, 1.165) is 43.7 Å². The van der Waals surface area contributed by atoms with E-state index < -0.39 is 5.97 Å². The molecule has 0 spiro atoms. The zero-order chi connectivity index (χ0) is 13.7. The van der Waals surface area contributed by atoms with Gasteiger partial charge in [0.2, 0.25) is 0 Å². The number of hydrogen-bond donors (Lipinski definition) is 1. The molecule has 0 radical (unpaired) electrons. The highest BCUT2D eigenvalue weighted by molar-refractivity contribution is 5.70. The van der Waals surface area contributed by atoms with Crippen molar-refractivity contribution in [2.45, 2.75) is 31.9 Å². The average molecular weight is 263 g/mol. The second-order valence-corrected chi connectivity index (χ2v) is 5.17. The topological polar surface area (TPSA) is 49.8 Å². The average Bonchev–Trinajstić information content (AvgIpc) is 2.83. The SMILES string of the molecule is CN(Cc1ccccc1CC(=O)O)CC1CCCO1. The maximum Gasteiger partial charge on any atom is 0.307 e. The summed E-state index contributed by atoms with van der Waals surface area (Å²) >= 11 is 0. The molecule has 1 atom stereocenters. The molecule has 1 N–H and O–H groups in total. The van der Waals surface area contributed by atoms with E-state index in [0.29, 0.717) is 6.10 Å². The molecule has 104 valence electrons. The zero-order valence-electron chi connectivity index (χ0n) is 11.3. The van der Waals surface area contributed by atoms with Gasteiger partial charge >= 0.3 is 5.97 Å². The molecule has 1 aromatic carbocycles. The van der Waals surface area contributed by atoms with Gasteiger partial charge < -0.3 is 9.84 Å². The van der Waals surface area contributed by atoms with Crippen LogP contribution in [0, 0.1) is 0 Å². The van der Waals surface area contributed by atoms with Crippen LogP contribution >= 0.6 is 0 Å². The predicted octanol–water partition coefficient (Wildman–Crippen LogP) is 1.92. The number of nitrogens with zero attached hydrogens (tertiary/aromatic N) is 1. The Morgan fingerprint density at radius 2 is 2.16 bits per heavy atom. The van der Waals surface area contributed by atoms with Gasteiger partial charge in [-0.1, -0.05) is 24.3 Å². The maximum absolute atomic E-state index is 10.9. The van der Waals surface area contributed by atoms with Gasteiger partial charge in [0.25, 0.3) is 0 Å². The van der Waals surface area contributed by atoms with Crippen LogP contribution in [-0.4, -0.2) is 42.3 Å². The van der Waals surface area contributed by atoms with E-state index in [2.05, 4.69) is 11.9 Å². The number of aliphatic carboxylic acids is 1. The van der Waals surface area contributed by atoms with Gasteiger partial charge in [-0.15, -0.1) is 0 Å². The molecule has 0 amide bonds. The summed E-state index contributed by atoms with van der Waals surface area (Å²) in [7, 11) is 2.05. The Balaban J connectivity index is 1.95. The van der Waals surface area contributed by atoms with Gasteiger partial charge in [-0.25, -0.2) is 0 Å². The zero-order valence-corrected chi connectivity index (χ0v) is 11.3. The summed E-state index contributed by atoms with van der Waals surface area (Å²) < 4.78 is 5.62. The monoisotopic (exact) mass is 263 g/mol. The van der Waals surface area contributed by atoms with Crippen molar-refractivity contribution in [3.63, 3.8) is 0 Å². The molecule has 2 rings (SSSR count). The smallest absolute Gasteiger partial charge is 0.307 e. The molecule has 0 aromatic heterocycles. The summed E-state index contributed by atoms with van der Waals surface area (Å²) in [6.45, 7) is 2.54. The van der Waals surface area contributed by atoms with Crippen LogP contribution in [0.25, 0.3) is 0 Å². The van der Waals surface area contributed by atoms with E-state index in [1.807, 2.05) is 24.3 Å². The molecule has 1 saturated heterocycles. The minimum Gasteiger partial charge on any atom is -0.481 e. The third-order valence-corrected chi connectivity index (χ3v) is 3.44. The molecular weight excluding hydrogens is 242 g/mol. The summed E-state index contributed by atoms with van der Waals surface area (Å²) in [6.07, 6.45) is 2.69. The Labute approximate surface area is 114 Å². The van der Waals surface area contributed by atoms with E-state index in [1.54, 1.807) is 0 Å². The van der Waals surface area contributed by atoms with Crippen LogP contribution in [0.2, 0.25) is 0 Å². The predicted molar refractivity (Wildman–Crippen MR) is 73.1 cm³/mol. The van der Waals surface area contributed by atoms with Gasteiger partial charge in [0.15, 0.2) is 0 Å². The lowest BCUT2D eigenvalue weighted by Crippen LogP contribution is -2.28. The molecule has 0 bridgehead atoms. The normalized spacial score (nSPS) is 18.9. The molecule has 1 heterocycles. The number of carboxylic acids is 1. The molecule has 1 unspecified atom stereocenters. The third-order valence-electron chi connectivity index (χ3n) is 3.44. The summed E-state index contributed by atoms with van der Waals surface area (Å²) in [5.41, 5.74) is 1.99. The van der Waals surface area contributed by atoms with Crippen LogP contribution in [0.4, 0.5) is 0 Å². The number of ether oxygens (including phenoxy) is 1. The first-order valence-electron chi connectivity index (χ1n) is 6.74. The highest BCUT2D eigenvalue weighted by Crippen LogP contribution is 2.16. The number of likely N-dealkylation sites (N-methyl/N-ethyl adjacent to an activating group) is 1. The van der Waals surface area contributed by atoms with Crippen LogP contribution in [-0.2, 0) is 22.5 Å². The van der Waals surface area contributed by atoms with Crippen LogP contribution in [0.3, 0.4) is 0 Å². The minimum atomic E-state index is -0.783. The standard InChI is InChI=1S/C15H21NO3/c1-16(11-14-7-4-8-19-14)10-13-6-3-2-5-12(13)9-15(17)18/h2-3,5-6,14H,4,7-11H2,1H3,(H,17,18). The third kappa shape index (κ3) is 4.33. The maximum atomic E-state index is 10.9. The molecule has 1 aliphatic rings. The van der Waals surface area contributed by atoms with Crippen LogP contribution in [0.1, 0.15) is 24.0 Å². The van der Waals surface area contributed by atoms with E-state index in [1.165, 1.54) is 0 Å². The van der Waals surface area contributed by atoms with Crippen molar-refractivity contribution in [2.24, 2.45) is 0 Å². The molecule has 1 fully saturated rings. The minimum absolute atomic E-state index is 0.0872. The Morgan fingerprint density at radius 3 is 2.79 bits per heavy atom. The van der Waals surface area contributed by atoms with Gasteiger partial charge in [-0.3, -0.25) is 9.69 Å². The van der Waals surface area contributed by atoms with Crippen molar-refractivity contribution in [3.8, 4) is 0 Å². The van der Waals surface area contributed by atoms with Crippen LogP contribution in [0.15, 0.2) is 24.3 Å². The lowest BCUT2D eigenvalue weighted by atomic mass is 10.0. The fourth-order valence-corrected chi connectivity index (χ4v) is 2.54. The highest BCUT2D eigenvalue weighted by Gasteiger charge is 2.18. The van der Waals surface area contributed by atoms with E-state index in [-0.39, 0.29) is 6.42 Å². The number of carboxylic acid groups (broad SMARTS) is 1. The van der Waals surface area contributed by atoms with Gasteiger partial charge in [-0.05, 0) is 31.0 Å². The number of benzene rings is 1. The summed E-state index contributed by atoms with van der Waals surface area (Å²) in [5.74, 6) is -0.783. The Kier molecular flexibility index (Phi) is 4.93. The van der Waals surface area contributed by atoms with Crippen molar-refractivity contribution in [2.75, 3.05) is 20.2 Å². The quantitative estimate of drug-likeness (QED) is 0.852. The lowest BCUT2D eigenvalue weighted by Gasteiger charge is -2.21. The van der Waals surface area contributed by atoms with Gasteiger partial charge in [0.1, 0.15) is 0 Å². The molecule has 4 nitrogen and oxygen atoms in total. The Bertz CT molecular complexity index is 427. The number of rotatable bonds is 6. The number of hydrogen-bond acceptors (Lipinski definition) is 3. The molecule has 4 heteroatoms. The van der Waals surface area contributed by atoms with E-state index in [4.69, 9.17) is 9.84 Å². The van der Waals surface area contributed by atoms with Crippen molar-refractivity contribution in [1.82, 2.24) is 4.90 Å². The van der Waals surface area contributed by atoms with Crippen molar-refractivity contribution >= 4 is 5.97 Å². The first kappa shape index (κ1) is 14.0. The van der Waals surface area contributed by atoms with E-state index >= 15 is 0 Å². The number of carbonyl (C=O) groups is 1. The largest absolute Gasteiger partial charge is 0.481 e. The first-order valence-corrected chi connectivity index (χ1v) is 6.74. The molecule has 1 aromatic rings. The van der Waals surface area contributed by atoms with Crippen LogP contribution in [0.5, 0.6) is 0 Å². The van der Waals surface area contributed by atoms with Gasteiger partial charge in [-0.2, -0.15) is 0 Å². The Morgan fingerprint density at radius 1 is 1.42 bits per heavy atom. The van der Waals surface area contributed by atoms with Crippen molar-refractivity contribution < 1.29 is 14.6 Å². The molecule has 0 saturated carbocycles. The fraction of sp³-hybridized carbons (Fsp3) is 0.533. The van der Waals surface area contributed by atoms with Gasteiger partial charge in [0.05, 0.1) is 12.5 Å². The highest BCUT2D eigenvalue weighted by atomic mass is 16.5. The summed E-state index contributed by atoms with van der Waals surface area (Å²) in [5, 5.41) is 8.92. The van der Waals surface area contributed by atoms with Crippen molar-refractivity contribution in [3.05, 3.63) is 35.4 Å². The molecule has 0 aliphatic carbocycles. The second kappa shape index (κ2) is 6.68.